The maximum absolute atomic E-state index is 15.3. The molecule has 3 aromatic carbocycles. The van der Waals surface area contributed by atoms with Crippen LogP contribution in [0.4, 0.5) is 10.5 Å². The normalized spacial score (nSPS) is 27.7. The molecule has 4 aliphatic rings. The highest BCUT2D eigenvalue weighted by atomic mass is 35.5. The zero-order valence-electron chi connectivity index (χ0n) is 26.2. The monoisotopic (exact) mass is 670 g/mol. The molecule has 2 aliphatic carbocycles. The molecule has 2 saturated heterocycles. The van der Waals surface area contributed by atoms with Crippen molar-refractivity contribution in [3.63, 3.8) is 0 Å². The summed E-state index contributed by atoms with van der Waals surface area (Å²) in [5.41, 5.74) is 0.245. The lowest BCUT2D eigenvalue weighted by molar-refractivity contribution is -0.138. The van der Waals surface area contributed by atoms with E-state index in [1.807, 2.05) is 12.1 Å². The van der Waals surface area contributed by atoms with E-state index in [0.717, 1.165) is 12.0 Å². The quantitative estimate of drug-likeness (QED) is 0.294. The van der Waals surface area contributed by atoms with Crippen LogP contribution in [0.5, 0.6) is 17.2 Å². The smallest absolute Gasteiger partial charge is 0.423 e. The van der Waals surface area contributed by atoms with Gasteiger partial charge >= 0.3 is 6.09 Å². The summed E-state index contributed by atoms with van der Waals surface area (Å²) in [7, 11) is 3.93. The molecule has 7 rings (SSSR count). The molecule has 5 amide bonds. The molecule has 3 aromatic rings. The zero-order valence-corrected chi connectivity index (χ0v) is 27.0. The third kappa shape index (κ3) is 4.23. The number of carbonyl (C=O) groups excluding carboxylic acids is 5. The van der Waals surface area contributed by atoms with Gasteiger partial charge in [-0.05, 0) is 42.5 Å². The third-order valence-corrected chi connectivity index (χ3v) is 10.6. The number of carbonyl (C=O) groups is 5. The summed E-state index contributed by atoms with van der Waals surface area (Å²) < 4.78 is 16.4. The van der Waals surface area contributed by atoms with E-state index in [0.29, 0.717) is 26.6 Å². The van der Waals surface area contributed by atoms with Crippen LogP contribution in [-0.4, -0.2) is 61.1 Å². The number of methoxy groups -OCH3 is 3. The van der Waals surface area contributed by atoms with Gasteiger partial charge in [0.15, 0.2) is 0 Å². The molecule has 0 radical (unpaired) electrons. The highest BCUT2D eigenvalue weighted by Crippen LogP contribution is 2.66. The van der Waals surface area contributed by atoms with Gasteiger partial charge in [-0.2, -0.15) is 4.90 Å². The first kappa shape index (κ1) is 31.4. The molecule has 1 N–H and O–H groups in total. The lowest BCUT2D eigenvalue weighted by Crippen LogP contribution is -2.53. The Bertz CT molecular complexity index is 1900. The van der Waals surface area contributed by atoms with Crippen LogP contribution in [0.25, 0.3) is 0 Å². The lowest BCUT2D eigenvalue weighted by Gasteiger charge is -2.51. The molecule has 246 valence electrons. The van der Waals surface area contributed by atoms with Gasteiger partial charge in [-0.1, -0.05) is 59.6 Å². The Hall–Kier alpha value is -5.16. The van der Waals surface area contributed by atoms with Crippen molar-refractivity contribution in [2.24, 2.45) is 23.7 Å². The molecular weight excluding hydrogens is 640 g/mol. The number of rotatable bonds is 5. The number of likely N-dealkylation sites (tertiary alicyclic amines) is 1. The van der Waals surface area contributed by atoms with Crippen LogP contribution in [0.15, 0.2) is 78.4 Å². The fourth-order valence-corrected chi connectivity index (χ4v) is 8.72. The lowest BCUT2D eigenvalue weighted by atomic mass is 9.49. The summed E-state index contributed by atoms with van der Waals surface area (Å²) in [4.78, 5) is 71.9. The number of aromatic hydroxyl groups is 1. The molecule has 6 atom stereocenters. The van der Waals surface area contributed by atoms with E-state index in [2.05, 4.69) is 0 Å². The largest absolute Gasteiger partial charge is 0.508 e. The van der Waals surface area contributed by atoms with Crippen molar-refractivity contribution in [3.8, 4) is 17.2 Å². The number of fused-ring (bicyclic) bond motifs is 4. The highest BCUT2D eigenvalue weighted by molar-refractivity contribution is 6.32. The average molecular weight is 671 g/mol. The summed E-state index contributed by atoms with van der Waals surface area (Å²) in [6.45, 7) is 0. The van der Waals surface area contributed by atoms with E-state index in [4.69, 9.17) is 25.8 Å². The summed E-state index contributed by atoms with van der Waals surface area (Å²) >= 11 is 6.36. The number of anilines is 1. The Balaban J connectivity index is 1.55. The Morgan fingerprint density at radius 3 is 2.19 bits per heavy atom. The fraction of sp³-hybridized carbons (Fsp3) is 0.306. The van der Waals surface area contributed by atoms with E-state index in [1.54, 1.807) is 48.5 Å². The van der Waals surface area contributed by atoms with E-state index in [1.165, 1.54) is 26.4 Å². The summed E-state index contributed by atoms with van der Waals surface area (Å²) in [5.74, 6) is -6.79. The number of phenolic OH excluding ortho intramolecular Hbond substituents is 1. The molecule has 2 aliphatic heterocycles. The Labute approximate surface area is 280 Å². The first-order valence-corrected chi connectivity index (χ1v) is 15.8. The predicted molar refractivity (Wildman–Crippen MR) is 172 cm³/mol. The SMILES string of the molecule is COC(=O)N1C(=O)[C@H]2[C@H](CC=C3[C@H]2C[C@H]2C(=O)N(c4cccc(Cl)c4)C(=O)[C@@]2(c2ccccc2)[C@H]3c2c(OC)cc(O)cc2OC)C1=O. The van der Waals surface area contributed by atoms with Gasteiger partial charge in [-0.25, -0.2) is 9.69 Å². The molecule has 48 heavy (non-hydrogen) atoms. The number of nitrogens with zero attached hydrogens (tertiary/aromatic N) is 2. The van der Waals surface area contributed by atoms with Gasteiger partial charge in [-0.15, -0.1) is 0 Å². The number of hydrogen-bond donors (Lipinski definition) is 1. The zero-order chi connectivity index (χ0) is 34.1. The predicted octanol–water partition coefficient (Wildman–Crippen LogP) is 4.99. The second-order valence-electron chi connectivity index (χ2n) is 12.3. The number of hydrogen-bond acceptors (Lipinski definition) is 9. The first-order chi connectivity index (χ1) is 23.1. The highest BCUT2D eigenvalue weighted by Gasteiger charge is 2.71. The minimum absolute atomic E-state index is 0.0246. The number of imide groups is 4. The van der Waals surface area contributed by atoms with Crippen LogP contribution in [-0.2, 0) is 29.3 Å². The number of ether oxygens (including phenoxy) is 3. The number of allylic oxidation sites excluding steroid dienone is 2. The van der Waals surface area contributed by atoms with Gasteiger partial charge in [0.25, 0.3) is 0 Å². The van der Waals surface area contributed by atoms with Gasteiger partial charge in [0, 0.05) is 28.6 Å². The number of amides is 5. The van der Waals surface area contributed by atoms with Crippen LogP contribution in [0.3, 0.4) is 0 Å². The van der Waals surface area contributed by atoms with Crippen LogP contribution in [0.2, 0.25) is 5.02 Å². The maximum Gasteiger partial charge on any atom is 0.423 e. The van der Waals surface area contributed by atoms with Crippen molar-refractivity contribution in [1.82, 2.24) is 4.90 Å². The van der Waals surface area contributed by atoms with Gasteiger partial charge < -0.3 is 19.3 Å². The summed E-state index contributed by atoms with van der Waals surface area (Å²) in [5, 5.41) is 11.0. The third-order valence-electron chi connectivity index (χ3n) is 10.3. The van der Waals surface area contributed by atoms with Gasteiger partial charge in [0.05, 0.1) is 50.2 Å². The van der Waals surface area contributed by atoms with Crippen LogP contribution in [0, 0.1) is 23.7 Å². The molecule has 12 heteroatoms. The van der Waals surface area contributed by atoms with Gasteiger partial charge in [-0.3, -0.25) is 19.2 Å². The number of phenols is 1. The van der Waals surface area contributed by atoms with Crippen molar-refractivity contribution in [3.05, 3.63) is 94.5 Å². The Kier molecular flexibility index (Phi) is 7.54. The van der Waals surface area contributed by atoms with Crippen molar-refractivity contribution in [2.45, 2.75) is 24.2 Å². The standard InChI is InChI=1S/C36H31ClN2O9/c1-46-26-15-21(40)16-27(47-2)29(26)30-22-12-13-23-28(33(43)39(31(23)41)35(45)48-3)24(22)17-25-32(42)38(20-11-7-10-19(37)14-20)34(44)36(25,30)18-8-5-4-6-9-18/h4-12,14-16,23-25,28,30,40H,13,17H2,1-3H3/t23-,24+,25-,28-,30+,36+/m0/s1. The van der Waals surface area contributed by atoms with Gasteiger partial charge in [0.1, 0.15) is 17.2 Å². The van der Waals surface area contributed by atoms with E-state index >= 15 is 4.79 Å². The van der Waals surface area contributed by atoms with Crippen molar-refractivity contribution < 1.29 is 43.3 Å². The topological polar surface area (TPSA) is 140 Å². The molecule has 0 bridgehead atoms. The molecule has 0 spiro atoms. The first-order valence-electron chi connectivity index (χ1n) is 15.4. The fourth-order valence-electron chi connectivity index (χ4n) is 8.54. The van der Waals surface area contributed by atoms with E-state index in [-0.39, 0.29) is 35.8 Å². The molecule has 2 heterocycles. The molecule has 0 aromatic heterocycles. The molecule has 0 unspecified atom stereocenters. The van der Waals surface area contributed by atoms with E-state index in [9.17, 15) is 24.3 Å². The van der Waals surface area contributed by atoms with Crippen molar-refractivity contribution >= 4 is 47.0 Å². The second kappa shape index (κ2) is 11.5. The summed E-state index contributed by atoms with van der Waals surface area (Å²) in [6.07, 6.45) is 0.892. The summed E-state index contributed by atoms with van der Waals surface area (Å²) in [6, 6.07) is 18.2. The van der Waals surface area contributed by atoms with E-state index < -0.39 is 64.7 Å². The van der Waals surface area contributed by atoms with Crippen LogP contribution in [0.1, 0.15) is 29.9 Å². The number of benzene rings is 3. The van der Waals surface area contributed by atoms with Crippen molar-refractivity contribution in [2.75, 3.05) is 26.2 Å². The average Bonchev–Trinajstić information content (AvgIpc) is 3.48. The minimum Gasteiger partial charge on any atom is -0.508 e. The molecular formula is C36H31ClN2O9. The van der Waals surface area contributed by atoms with Crippen LogP contribution < -0.4 is 14.4 Å². The Morgan fingerprint density at radius 2 is 1.56 bits per heavy atom. The van der Waals surface area contributed by atoms with Gasteiger partial charge in [0.2, 0.25) is 23.6 Å². The molecule has 1 saturated carbocycles. The van der Waals surface area contributed by atoms with Crippen molar-refractivity contribution in [1.29, 1.82) is 0 Å². The molecule has 3 fully saturated rings. The second-order valence-corrected chi connectivity index (χ2v) is 12.8. The maximum atomic E-state index is 15.3. The Morgan fingerprint density at radius 1 is 0.875 bits per heavy atom. The van der Waals surface area contributed by atoms with Crippen LogP contribution >= 0.6 is 11.6 Å². The molecule has 11 nitrogen and oxygen atoms in total. The minimum atomic E-state index is -1.60. The number of halogens is 1.